The number of sulfonamides is 1. The smallest absolute Gasteiger partial charge is 0.264 e. The molecule has 0 saturated heterocycles. The number of ether oxygens (including phenoxy) is 2. The summed E-state index contributed by atoms with van der Waals surface area (Å²) in [7, 11) is -3.69. The summed E-state index contributed by atoms with van der Waals surface area (Å²) < 4.78 is 38.5. The number of nitrogens with one attached hydrogen (secondary N) is 1. The van der Waals surface area contributed by atoms with Crippen LogP contribution in [0, 0.1) is 0 Å². The van der Waals surface area contributed by atoms with E-state index in [1.807, 2.05) is 30.3 Å². The molecule has 168 valence electrons. The Balaban J connectivity index is 1.27. The molecule has 0 saturated carbocycles. The van der Waals surface area contributed by atoms with Gasteiger partial charge in [0.1, 0.15) is 0 Å². The molecule has 0 aliphatic carbocycles. The number of carbonyl (C=O) groups is 1. The Bertz CT molecular complexity index is 1330. The fourth-order valence-corrected chi connectivity index (χ4v) is 5.50. The van der Waals surface area contributed by atoms with E-state index in [1.165, 1.54) is 22.5 Å². The number of amides is 1. The fraction of sp³-hybridized carbons (Fsp3) is 0.160. The van der Waals surface area contributed by atoms with Crippen molar-refractivity contribution >= 4 is 33.4 Å². The van der Waals surface area contributed by atoms with Crippen LogP contribution in [0.1, 0.15) is 17.5 Å². The monoisotopic (exact) mass is 462 g/mol. The van der Waals surface area contributed by atoms with Crippen LogP contribution >= 0.6 is 0 Å². The second-order valence-corrected chi connectivity index (χ2v) is 9.63. The quantitative estimate of drug-likeness (QED) is 0.574. The number of hydrogen-bond donors (Lipinski definition) is 1. The van der Waals surface area contributed by atoms with Gasteiger partial charge in [-0.25, -0.2) is 8.42 Å². The van der Waals surface area contributed by atoms with E-state index in [2.05, 4.69) is 5.32 Å². The molecular formula is C25H22N2O5S. The zero-order valence-electron chi connectivity index (χ0n) is 17.7. The number of para-hydroxylation sites is 1. The van der Waals surface area contributed by atoms with Gasteiger partial charge in [-0.1, -0.05) is 24.3 Å². The molecule has 0 unspecified atom stereocenters. The Morgan fingerprint density at radius 1 is 0.970 bits per heavy atom. The summed E-state index contributed by atoms with van der Waals surface area (Å²) in [5.74, 6) is 0.999. The van der Waals surface area contributed by atoms with E-state index in [0.29, 0.717) is 23.7 Å². The molecule has 7 nitrogen and oxygen atoms in total. The molecule has 0 radical (unpaired) electrons. The standard InChI is InChI=1S/C25H22N2O5S/c28-25(14-8-18-7-13-23-24(16-18)32-17-31-23)26-20-9-11-21(12-10-20)33(29,30)27-15-3-5-19-4-1-2-6-22(19)27/h1-2,4,6-14,16H,3,5,15,17H2,(H,26,28)/b14-8+. The number of hydrogen-bond acceptors (Lipinski definition) is 5. The molecule has 3 aromatic carbocycles. The molecular weight excluding hydrogens is 440 g/mol. The van der Waals surface area contributed by atoms with Gasteiger partial charge in [0.2, 0.25) is 12.7 Å². The van der Waals surface area contributed by atoms with E-state index in [0.717, 1.165) is 29.7 Å². The highest BCUT2D eigenvalue weighted by Gasteiger charge is 2.28. The maximum absolute atomic E-state index is 13.2. The minimum absolute atomic E-state index is 0.188. The second kappa shape index (κ2) is 8.63. The zero-order valence-corrected chi connectivity index (χ0v) is 18.5. The molecule has 0 fully saturated rings. The fourth-order valence-electron chi connectivity index (χ4n) is 3.96. The summed E-state index contributed by atoms with van der Waals surface area (Å²) in [6.07, 6.45) is 4.73. The van der Waals surface area contributed by atoms with Gasteiger partial charge in [-0.05, 0) is 72.5 Å². The third-order valence-electron chi connectivity index (χ3n) is 5.60. The van der Waals surface area contributed by atoms with Crippen molar-refractivity contribution in [1.29, 1.82) is 0 Å². The maximum Gasteiger partial charge on any atom is 0.264 e. The molecule has 2 aliphatic heterocycles. The van der Waals surface area contributed by atoms with Crippen molar-refractivity contribution in [3.8, 4) is 11.5 Å². The highest BCUT2D eigenvalue weighted by molar-refractivity contribution is 7.92. The van der Waals surface area contributed by atoms with Gasteiger partial charge in [0.25, 0.3) is 10.0 Å². The van der Waals surface area contributed by atoms with Crippen LogP contribution < -0.4 is 19.1 Å². The van der Waals surface area contributed by atoms with E-state index in [4.69, 9.17) is 9.47 Å². The summed E-state index contributed by atoms with van der Waals surface area (Å²) in [5.41, 5.74) is 3.08. The summed E-state index contributed by atoms with van der Waals surface area (Å²) in [4.78, 5) is 12.5. The predicted octanol–water partition coefficient (Wildman–Crippen LogP) is 4.21. The molecule has 0 bridgehead atoms. The Kier molecular flexibility index (Phi) is 5.51. The van der Waals surface area contributed by atoms with Crippen LogP contribution in [0.5, 0.6) is 11.5 Å². The van der Waals surface area contributed by atoms with Crippen molar-refractivity contribution in [3.05, 3.63) is 83.9 Å². The molecule has 0 aromatic heterocycles. The maximum atomic E-state index is 13.2. The Morgan fingerprint density at radius 2 is 1.76 bits per heavy atom. The van der Waals surface area contributed by atoms with Crippen molar-refractivity contribution in [3.63, 3.8) is 0 Å². The number of carbonyl (C=O) groups excluding carboxylic acids is 1. The van der Waals surface area contributed by atoms with Crippen LogP contribution in [0.25, 0.3) is 6.08 Å². The van der Waals surface area contributed by atoms with Gasteiger partial charge in [0.05, 0.1) is 10.6 Å². The summed E-state index contributed by atoms with van der Waals surface area (Å²) >= 11 is 0. The van der Waals surface area contributed by atoms with E-state index >= 15 is 0 Å². The number of fused-ring (bicyclic) bond motifs is 2. The average Bonchev–Trinajstić information content (AvgIpc) is 3.31. The van der Waals surface area contributed by atoms with Crippen molar-refractivity contribution in [2.45, 2.75) is 17.7 Å². The van der Waals surface area contributed by atoms with Crippen LogP contribution in [0.4, 0.5) is 11.4 Å². The van der Waals surface area contributed by atoms with Crippen molar-refractivity contribution < 1.29 is 22.7 Å². The van der Waals surface area contributed by atoms with Crippen LogP contribution in [0.3, 0.4) is 0 Å². The van der Waals surface area contributed by atoms with Crippen LogP contribution in [-0.2, 0) is 21.2 Å². The topological polar surface area (TPSA) is 84.9 Å². The van der Waals surface area contributed by atoms with Gasteiger partial charge in [-0.2, -0.15) is 0 Å². The first-order valence-corrected chi connectivity index (χ1v) is 12.0. The molecule has 0 spiro atoms. The Hall–Kier alpha value is -3.78. The van der Waals surface area contributed by atoms with Crippen molar-refractivity contribution in [1.82, 2.24) is 0 Å². The SMILES string of the molecule is O=C(/C=C/c1ccc2c(c1)OCO2)Nc1ccc(S(=O)(=O)N2CCCc3ccccc32)cc1. The first-order valence-electron chi connectivity index (χ1n) is 10.6. The second-order valence-electron chi connectivity index (χ2n) is 7.77. The average molecular weight is 463 g/mol. The number of anilines is 2. The van der Waals surface area contributed by atoms with Crippen molar-refractivity contribution in [2.75, 3.05) is 23.0 Å². The molecule has 0 atom stereocenters. The van der Waals surface area contributed by atoms with Gasteiger partial charge >= 0.3 is 0 Å². The lowest BCUT2D eigenvalue weighted by molar-refractivity contribution is -0.111. The van der Waals surface area contributed by atoms with Gasteiger partial charge in [-0.15, -0.1) is 0 Å². The Morgan fingerprint density at radius 3 is 2.61 bits per heavy atom. The molecule has 3 aromatic rings. The third kappa shape index (κ3) is 4.29. The molecule has 5 rings (SSSR count). The van der Waals surface area contributed by atoms with Crippen LogP contribution in [0.2, 0.25) is 0 Å². The summed E-state index contributed by atoms with van der Waals surface area (Å²) in [5, 5.41) is 2.75. The van der Waals surface area contributed by atoms with Crippen LogP contribution in [-0.4, -0.2) is 27.7 Å². The molecule has 33 heavy (non-hydrogen) atoms. The van der Waals surface area contributed by atoms with Gasteiger partial charge in [-0.3, -0.25) is 9.10 Å². The number of nitrogens with zero attached hydrogens (tertiary/aromatic N) is 1. The summed E-state index contributed by atoms with van der Waals surface area (Å²) in [6.45, 7) is 0.640. The zero-order chi connectivity index (χ0) is 22.8. The van der Waals surface area contributed by atoms with Gasteiger partial charge < -0.3 is 14.8 Å². The largest absolute Gasteiger partial charge is 0.454 e. The number of benzene rings is 3. The van der Waals surface area contributed by atoms with Gasteiger partial charge in [0, 0.05) is 18.3 Å². The lowest BCUT2D eigenvalue weighted by atomic mass is 10.0. The van der Waals surface area contributed by atoms with Gasteiger partial charge in [0.15, 0.2) is 11.5 Å². The van der Waals surface area contributed by atoms with E-state index in [9.17, 15) is 13.2 Å². The van der Waals surface area contributed by atoms with E-state index < -0.39 is 10.0 Å². The Labute approximate surface area is 192 Å². The van der Waals surface area contributed by atoms with E-state index in [-0.39, 0.29) is 17.6 Å². The molecule has 1 N–H and O–H groups in total. The highest BCUT2D eigenvalue weighted by atomic mass is 32.2. The highest BCUT2D eigenvalue weighted by Crippen LogP contribution is 2.33. The molecule has 2 aliphatic rings. The predicted molar refractivity (Wildman–Crippen MR) is 126 cm³/mol. The first-order chi connectivity index (χ1) is 16.0. The first kappa shape index (κ1) is 21.1. The van der Waals surface area contributed by atoms with E-state index in [1.54, 1.807) is 30.3 Å². The minimum Gasteiger partial charge on any atom is -0.454 e. The number of aryl methyl sites for hydroxylation is 1. The lowest BCUT2D eigenvalue weighted by Gasteiger charge is -2.30. The normalized spacial score (nSPS) is 14.8. The molecule has 8 heteroatoms. The minimum atomic E-state index is -3.69. The van der Waals surface area contributed by atoms with Crippen LogP contribution in [0.15, 0.2) is 77.7 Å². The molecule has 1 amide bonds. The lowest BCUT2D eigenvalue weighted by Crippen LogP contribution is -2.35. The summed E-state index contributed by atoms with van der Waals surface area (Å²) in [6, 6.07) is 19.2. The third-order valence-corrected chi connectivity index (χ3v) is 7.43. The number of rotatable bonds is 5. The van der Waals surface area contributed by atoms with Crippen molar-refractivity contribution in [2.24, 2.45) is 0 Å². The molecule has 2 heterocycles.